The quantitative estimate of drug-likeness (QED) is 0.736. The predicted molar refractivity (Wildman–Crippen MR) is 59.4 cm³/mol. The van der Waals surface area contributed by atoms with Gasteiger partial charge < -0.3 is 10.2 Å². The van der Waals surface area contributed by atoms with Crippen molar-refractivity contribution in [2.24, 2.45) is 0 Å². The molecule has 0 radical (unpaired) electrons. The molecule has 0 bridgehead atoms. The van der Waals surface area contributed by atoms with Gasteiger partial charge in [0, 0.05) is 23.9 Å². The normalized spacial score (nSPS) is 40.6. The van der Waals surface area contributed by atoms with Crippen molar-refractivity contribution in [2.45, 2.75) is 36.6 Å². The number of thioether (sulfide) groups is 1. The molecule has 1 saturated heterocycles. The Hall–Kier alpha value is 0.270. The summed E-state index contributed by atoms with van der Waals surface area (Å²) in [4.78, 5) is 2.42. The van der Waals surface area contributed by atoms with Gasteiger partial charge in [0.25, 0.3) is 0 Å². The molecule has 0 aromatic heterocycles. The van der Waals surface area contributed by atoms with Crippen LogP contribution >= 0.6 is 11.8 Å². The first-order valence-corrected chi connectivity index (χ1v) is 6.56. The minimum Gasteiger partial charge on any atom is -0.309 e. The fourth-order valence-corrected chi connectivity index (χ4v) is 3.23. The predicted octanol–water partition coefficient (Wildman–Crippen LogP) is 1.17. The summed E-state index contributed by atoms with van der Waals surface area (Å²) in [7, 11) is 2.22. The van der Waals surface area contributed by atoms with Gasteiger partial charge in [0.1, 0.15) is 0 Å². The highest BCUT2D eigenvalue weighted by Crippen LogP contribution is 2.30. The molecule has 13 heavy (non-hydrogen) atoms. The average Bonchev–Trinajstić information content (AvgIpc) is 2.46. The van der Waals surface area contributed by atoms with E-state index in [1.54, 1.807) is 0 Å². The zero-order valence-corrected chi connectivity index (χ0v) is 9.44. The minimum atomic E-state index is 0.768. The van der Waals surface area contributed by atoms with E-state index in [9.17, 15) is 0 Å². The molecule has 0 amide bonds. The molecule has 2 aliphatic rings. The summed E-state index contributed by atoms with van der Waals surface area (Å²) in [6, 6.07) is 1.58. The van der Waals surface area contributed by atoms with Crippen LogP contribution < -0.4 is 5.32 Å². The van der Waals surface area contributed by atoms with Gasteiger partial charge in [-0.25, -0.2) is 0 Å². The molecule has 3 heteroatoms. The number of nitrogens with one attached hydrogen (secondary N) is 1. The first-order valence-electron chi connectivity index (χ1n) is 5.27. The number of hydrogen-bond donors (Lipinski definition) is 1. The highest BCUT2D eigenvalue weighted by Gasteiger charge is 2.32. The van der Waals surface area contributed by atoms with Crippen LogP contribution in [0.4, 0.5) is 0 Å². The lowest BCUT2D eigenvalue weighted by atomic mass is 9.91. The molecular weight excluding hydrogens is 180 g/mol. The van der Waals surface area contributed by atoms with Crippen LogP contribution in [0.15, 0.2) is 0 Å². The molecule has 1 saturated carbocycles. The van der Waals surface area contributed by atoms with E-state index in [1.807, 2.05) is 11.8 Å². The Bertz CT molecular complexity index is 172. The van der Waals surface area contributed by atoms with Crippen molar-refractivity contribution >= 4 is 11.8 Å². The molecule has 0 aromatic rings. The molecule has 1 aliphatic carbocycles. The van der Waals surface area contributed by atoms with Crippen molar-refractivity contribution in [3.8, 4) is 0 Å². The van der Waals surface area contributed by atoms with E-state index >= 15 is 0 Å². The molecule has 3 unspecified atom stereocenters. The van der Waals surface area contributed by atoms with Crippen molar-refractivity contribution in [2.75, 3.05) is 26.4 Å². The lowest BCUT2D eigenvalue weighted by molar-refractivity contribution is 0.309. The van der Waals surface area contributed by atoms with Crippen molar-refractivity contribution in [3.63, 3.8) is 0 Å². The molecule has 2 fully saturated rings. The van der Waals surface area contributed by atoms with E-state index in [0.717, 1.165) is 17.3 Å². The number of nitrogens with zero attached hydrogens (tertiary/aromatic N) is 1. The maximum absolute atomic E-state index is 3.78. The Morgan fingerprint density at radius 3 is 2.62 bits per heavy atom. The molecular formula is C10H20N2S. The average molecular weight is 200 g/mol. The molecule has 0 aromatic carbocycles. The van der Waals surface area contributed by atoms with E-state index in [0.29, 0.717) is 0 Å². The SMILES string of the molecule is CSC1CCC1NC1CCN(C)C1. The summed E-state index contributed by atoms with van der Waals surface area (Å²) in [5.41, 5.74) is 0. The molecule has 1 aliphatic heterocycles. The molecule has 3 atom stereocenters. The van der Waals surface area contributed by atoms with Crippen LogP contribution in [0.2, 0.25) is 0 Å². The second-order valence-electron chi connectivity index (χ2n) is 4.37. The second kappa shape index (κ2) is 4.20. The van der Waals surface area contributed by atoms with E-state index in [4.69, 9.17) is 0 Å². The Labute approximate surface area is 85.4 Å². The number of likely N-dealkylation sites (tertiary alicyclic amines) is 1. The second-order valence-corrected chi connectivity index (χ2v) is 5.45. The third-order valence-corrected chi connectivity index (χ3v) is 4.52. The number of rotatable bonds is 3. The van der Waals surface area contributed by atoms with Gasteiger partial charge in [0.05, 0.1) is 0 Å². The summed E-state index contributed by atoms with van der Waals surface area (Å²) in [6.45, 7) is 2.52. The zero-order chi connectivity index (χ0) is 9.26. The Balaban J connectivity index is 1.72. The molecule has 1 N–H and O–H groups in total. The summed E-state index contributed by atoms with van der Waals surface area (Å²) in [5.74, 6) is 0. The third kappa shape index (κ3) is 2.20. The van der Waals surface area contributed by atoms with Crippen LogP contribution in [0.25, 0.3) is 0 Å². The van der Waals surface area contributed by atoms with Crippen LogP contribution in [0, 0.1) is 0 Å². The monoisotopic (exact) mass is 200 g/mol. The molecule has 2 rings (SSSR count). The van der Waals surface area contributed by atoms with Crippen LogP contribution in [-0.4, -0.2) is 48.6 Å². The van der Waals surface area contributed by atoms with E-state index < -0.39 is 0 Å². The Morgan fingerprint density at radius 1 is 1.31 bits per heavy atom. The van der Waals surface area contributed by atoms with Gasteiger partial charge in [-0.1, -0.05) is 0 Å². The van der Waals surface area contributed by atoms with Crippen LogP contribution in [0.3, 0.4) is 0 Å². The fourth-order valence-electron chi connectivity index (χ4n) is 2.32. The van der Waals surface area contributed by atoms with Crippen molar-refractivity contribution < 1.29 is 0 Å². The van der Waals surface area contributed by atoms with Crippen LogP contribution in [0.1, 0.15) is 19.3 Å². The number of hydrogen-bond acceptors (Lipinski definition) is 3. The lowest BCUT2D eigenvalue weighted by Gasteiger charge is -2.38. The minimum absolute atomic E-state index is 0.768. The van der Waals surface area contributed by atoms with Crippen LogP contribution in [0.5, 0.6) is 0 Å². The van der Waals surface area contributed by atoms with E-state index in [2.05, 4.69) is 23.5 Å². The molecule has 76 valence electrons. The lowest BCUT2D eigenvalue weighted by Crippen LogP contribution is -2.50. The zero-order valence-electron chi connectivity index (χ0n) is 8.62. The van der Waals surface area contributed by atoms with Gasteiger partial charge in [0.2, 0.25) is 0 Å². The smallest absolute Gasteiger partial charge is 0.0210 e. The highest BCUT2D eigenvalue weighted by molar-refractivity contribution is 7.99. The first-order chi connectivity index (χ1) is 6.29. The Kier molecular flexibility index (Phi) is 3.17. The largest absolute Gasteiger partial charge is 0.309 e. The molecule has 1 heterocycles. The van der Waals surface area contributed by atoms with Crippen molar-refractivity contribution in [3.05, 3.63) is 0 Å². The maximum atomic E-state index is 3.78. The molecule has 0 spiro atoms. The molecule has 2 nitrogen and oxygen atoms in total. The van der Waals surface area contributed by atoms with Gasteiger partial charge in [-0.3, -0.25) is 0 Å². The van der Waals surface area contributed by atoms with Crippen molar-refractivity contribution in [1.82, 2.24) is 10.2 Å². The van der Waals surface area contributed by atoms with Gasteiger partial charge in [-0.2, -0.15) is 11.8 Å². The summed E-state index contributed by atoms with van der Waals surface area (Å²) >= 11 is 2.03. The topological polar surface area (TPSA) is 15.3 Å². The first kappa shape index (κ1) is 9.81. The summed E-state index contributed by atoms with van der Waals surface area (Å²) < 4.78 is 0. The van der Waals surface area contributed by atoms with Gasteiger partial charge in [-0.15, -0.1) is 0 Å². The van der Waals surface area contributed by atoms with Gasteiger partial charge in [0.15, 0.2) is 0 Å². The standard InChI is InChI=1S/C10H20N2S/c1-12-6-5-8(7-12)11-9-3-4-10(9)13-2/h8-11H,3-7H2,1-2H3. The fraction of sp³-hybridized carbons (Fsp3) is 1.00. The van der Waals surface area contributed by atoms with E-state index in [1.165, 1.54) is 32.4 Å². The maximum Gasteiger partial charge on any atom is 0.0210 e. The highest BCUT2D eigenvalue weighted by atomic mass is 32.2. The number of likely N-dealkylation sites (N-methyl/N-ethyl adjacent to an activating group) is 1. The van der Waals surface area contributed by atoms with Crippen LogP contribution in [-0.2, 0) is 0 Å². The van der Waals surface area contributed by atoms with Gasteiger partial charge in [-0.05, 0) is 39.1 Å². The third-order valence-electron chi connectivity index (χ3n) is 3.35. The Morgan fingerprint density at radius 2 is 2.15 bits per heavy atom. The summed E-state index contributed by atoms with van der Waals surface area (Å²) in [5, 5.41) is 4.68. The van der Waals surface area contributed by atoms with Crippen molar-refractivity contribution in [1.29, 1.82) is 0 Å². The van der Waals surface area contributed by atoms with E-state index in [-0.39, 0.29) is 0 Å². The summed E-state index contributed by atoms with van der Waals surface area (Å²) in [6.07, 6.45) is 6.39. The van der Waals surface area contributed by atoms with Gasteiger partial charge >= 0.3 is 0 Å².